The standard InChI is InChI=1S/C72H45N3O/c1-4-19-46(20-5-1)49-25-18-26-53(41-49)74-65-33-16-14-31-59(65)72(58-30-13-10-28-55(58)70-61(72)38-40-68-71(70)56-29-12-17-34-67(56)76-68)60-37-35-51(44-66(60)74)50-36-39-64-57(42-50)54-27-11-15-32-63(54)75(64)69-45-52(47-21-6-2-7-22-47)43-62(73-69)48-23-8-3-9-24-48/h1-45H. The van der Waals surface area contributed by atoms with Gasteiger partial charge in [0, 0.05) is 32.8 Å². The summed E-state index contributed by atoms with van der Waals surface area (Å²) >= 11 is 0. The van der Waals surface area contributed by atoms with E-state index in [9.17, 15) is 0 Å². The van der Waals surface area contributed by atoms with Gasteiger partial charge in [-0.15, -0.1) is 0 Å². The van der Waals surface area contributed by atoms with Gasteiger partial charge >= 0.3 is 0 Å². The molecular weight excluding hydrogens is 923 g/mol. The van der Waals surface area contributed by atoms with Crippen molar-refractivity contribution < 1.29 is 4.42 Å². The minimum Gasteiger partial charge on any atom is -0.456 e. The normalized spacial score (nSPS) is 14.3. The Labute approximate surface area is 439 Å². The predicted molar refractivity (Wildman–Crippen MR) is 313 cm³/mol. The van der Waals surface area contributed by atoms with Crippen LogP contribution in [0.4, 0.5) is 17.1 Å². The van der Waals surface area contributed by atoms with Gasteiger partial charge in [-0.2, -0.15) is 0 Å². The zero-order valence-corrected chi connectivity index (χ0v) is 41.2. The molecule has 76 heavy (non-hydrogen) atoms. The molecule has 0 saturated heterocycles. The molecule has 16 rings (SSSR count). The van der Waals surface area contributed by atoms with Crippen LogP contribution in [0.15, 0.2) is 277 Å². The molecule has 0 saturated carbocycles. The fourth-order valence-electron chi connectivity index (χ4n) is 13.0. The molecule has 4 heteroatoms. The van der Waals surface area contributed by atoms with Gasteiger partial charge in [0.1, 0.15) is 17.0 Å². The predicted octanol–water partition coefficient (Wildman–Crippen LogP) is 18.9. The van der Waals surface area contributed by atoms with Gasteiger partial charge in [-0.1, -0.05) is 206 Å². The topological polar surface area (TPSA) is 34.2 Å². The van der Waals surface area contributed by atoms with Gasteiger partial charge < -0.3 is 9.32 Å². The van der Waals surface area contributed by atoms with Crippen LogP contribution >= 0.6 is 0 Å². The van der Waals surface area contributed by atoms with Crippen LogP contribution in [0, 0.1) is 0 Å². The first kappa shape index (κ1) is 42.5. The van der Waals surface area contributed by atoms with Crippen LogP contribution < -0.4 is 4.90 Å². The summed E-state index contributed by atoms with van der Waals surface area (Å²) in [6.45, 7) is 0. The van der Waals surface area contributed by atoms with Gasteiger partial charge in [0.05, 0.1) is 33.5 Å². The van der Waals surface area contributed by atoms with E-state index in [0.717, 1.165) is 89.4 Å². The van der Waals surface area contributed by atoms with Crippen LogP contribution in [0.2, 0.25) is 0 Å². The maximum absolute atomic E-state index is 6.61. The van der Waals surface area contributed by atoms with Crippen molar-refractivity contribution >= 4 is 60.8 Å². The van der Waals surface area contributed by atoms with Gasteiger partial charge in [-0.05, 0) is 133 Å². The molecule has 0 radical (unpaired) electrons. The molecule has 1 unspecified atom stereocenters. The van der Waals surface area contributed by atoms with Gasteiger partial charge in [0.25, 0.3) is 0 Å². The lowest BCUT2D eigenvalue weighted by Crippen LogP contribution is -2.36. The molecule has 354 valence electrons. The zero-order chi connectivity index (χ0) is 49.9. The lowest BCUT2D eigenvalue weighted by molar-refractivity contribution is 0.668. The van der Waals surface area contributed by atoms with E-state index >= 15 is 0 Å². The Balaban J connectivity index is 0.940. The first-order valence-corrected chi connectivity index (χ1v) is 26.1. The summed E-state index contributed by atoms with van der Waals surface area (Å²) in [5.41, 5.74) is 23.1. The molecule has 0 N–H and O–H groups in total. The first-order chi connectivity index (χ1) is 37.7. The highest BCUT2D eigenvalue weighted by molar-refractivity contribution is 6.16. The van der Waals surface area contributed by atoms with Crippen molar-refractivity contribution in [3.8, 4) is 61.6 Å². The highest BCUT2D eigenvalue weighted by atomic mass is 16.3. The highest BCUT2D eigenvalue weighted by Gasteiger charge is 2.52. The minimum atomic E-state index is -0.645. The van der Waals surface area contributed by atoms with Gasteiger partial charge in [-0.3, -0.25) is 4.57 Å². The van der Waals surface area contributed by atoms with Crippen molar-refractivity contribution in [2.24, 2.45) is 0 Å². The van der Waals surface area contributed by atoms with Crippen LogP contribution in [-0.2, 0) is 5.41 Å². The van der Waals surface area contributed by atoms with Crippen molar-refractivity contribution in [1.29, 1.82) is 0 Å². The fraction of sp³-hybridized carbons (Fsp3) is 0.0139. The number of benzene rings is 11. The first-order valence-electron chi connectivity index (χ1n) is 26.1. The van der Waals surface area contributed by atoms with E-state index < -0.39 is 5.41 Å². The molecule has 0 amide bonds. The Morgan fingerprint density at radius 1 is 0.342 bits per heavy atom. The number of hydrogen-bond donors (Lipinski definition) is 0. The summed E-state index contributed by atoms with van der Waals surface area (Å²) in [4.78, 5) is 7.94. The Kier molecular flexibility index (Phi) is 9.22. The number of anilines is 3. The van der Waals surface area contributed by atoms with Crippen molar-refractivity contribution in [1.82, 2.24) is 9.55 Å². The third-order valence-corrected chi connectivity index (χ3v) is 16.2. The van der Waals surface area contributed by atoms with E-state index in [4.69, 9.17) is 9.40 Å². The van der Waals surface area contributed by atoms with E-state index in [0.29, 0.717) is 0 Å². The molecule has 3 aromatic heterocycles. The van der Waals surface area contributed by atoms with Crippen molar-refractivity contribution in [3.63, 3.8) is 0 Å². The lowest BCUT2D eigenvalue weighted by Gasteiger charge is -2.45. The highest BCUT2D eigenvalue weighted by Crippen LogP contribution is 2.65. The summed E-state index contributed by atoms with van der Waals surface area (Å²) in [6.07, 6.45) is 0. The summed E-state index contributed by atoms with van der Waals surface area (Å²) in [6, 6.07) is 99.5. The van der Waals surface area contributed by atoms with Crippen LogP contribution in [0.25, 0.3) is 105 Å². The van der Waals surface area contributed by atoms with Crippen molar-refractivity contribution in [2.75, 3.05) is 4.90 Å². The fourth-order valence-corrected chi connectivity index (χ4v) is 13.0. The van der Waals surface area contributed by atoms with Crippen molar-refractivity contribution in [3.05, 3.63) is 295 Å². The Morgan fingerprint density at radius 2 is 0.947 bits per heavy atom. The molecular formula is C72H45N3O. The molecule has 4 nitrogen and oxygen atoms in total. The van der Waals surface area contributed by atoms with Gasteiger partial charge in [-0.25, -0.2) is 4.98 Å². The number of hydrogen-bond acceptors (Lipinski definition) is 3. The van der Waals surface area contributed by atoms with E-state index in [1.54, 1.807) is 0 Å². The smallest absolute Gasteiger partial charge is 0.138 e. The molecule has 1 atom stereocenters. The summed E-state index contributed by atoms with van der Waals surface area (Å²) in [5.74, 6) is 0.878. The molecule has 1 aliphatic heterocycles. The van der Waals surface area contributed by atoms with Crippen LogP contribution in [-0.4, -0.2) is 9.55 Å². The number of aromatic nitrogens is 2. The monoisotopic (exact) mass is 967 g/mol. The number of furan rings is 1. The molecule has 4 heterocycles. The van der Waals surface area contributed by atoms with E-state index in [1.807, 2.05) is 0 Å². The minimum absolute atomic E-state index is 0.645. The van der Waals surface area contributed by atoms with Crippen LogP contribution in [0.3, 0.4) is 0 Å². The number of rotatable bonds is 6. The Bertz CT molecular complexity index is 4590. The van der Waals surface area contributed by atoms with E-state index in [2.05, 4.69) is 282 Å². The SMILES string of the molecule is c1ccc(-c2cccc(N3c4ccccc4C4(c5ccccc5-c5c4ccc4oc6ccccc6c54)c4ccc(-c5ccc6c(c5)c5ccccc5n6-c5cc(-c6ccccc6)cc(-c6ccccc6)n5)cc43)c2)cc1. The van der Waals surface area contributed by atoms with Crippen LogP contribution in [0.5, 0.6) is 0 Å². The summed E-state index contributed by atoms with van der Waals surface area (Å²) < 4.78 is 8.96. The van der Waals surface area contributed by atoms with E-state index in [-0.39, 0.29) is 0 Å². The molecule has 14 aromatic rings. The second-order valence-corrected chi connectivity index (χ2v) is 20.2. The summed E-state index contributed by atoms with van der Waals surface area (Å²) in [5, 5.41) is 4.64. The second kappa shape index (κ2) is 16.5. The van der Waals surface area contributed by atoms with Gasteiger partial charge in [0.2, 0.25) is 0 Å². The summed E-state index contributed by atoms with van der Waals surface area (Å²) in [7, 11) is 0. The average molecular weight is 968 g/mol. The molecule has 2 aliphatic rings. The molecule has 0 bridgehead atoms. The number of pyridine rings is 1. The largest absolute Gasteiger partial charge is 0.456 e. The van der Waals surface area contributed by atoms with Gasteiger partial charge in [0.15, 0.2) is 0 Å². The van der Waals surface area contributed by atoms with Crippen LogP contribution in [0.1, 0.15) is 22.3 Å². The average Bonchev–Trinajstić information content (AvgIpc) is 4.15. The molecule has 11 aromatic carbocycles. The molecule has 1 spiro atoms. The maximum Gasteiger partial charge on any atom is 0.138 e. The third kappa shape index (κ3) is 6.16. The Morgan fingerprint density at radius 3 is 1.78 bits per heavy atom. The zero-order valence-electron chi connectivity index (χ0n) is 41.2. The Hall–Kier alpha value is -10.0. The lowest BCUT2D eigenvalue weighted by atomic mass is 9.64. The number of nitrogens with zero attached hydrogens (tertiary/aromatic N) is 3. The molecule has 1 aliphatic carbocycles. The van der Waals surface area contributed by atoms with E-state index in [1.165, 1.54) is 55.3 Å². The molecule has 0 fully saturated rings. The number of para-hydroxylation sites is 3. The number of fused-ring (bicyclic) bond motifs is 16. The van der Waals surface area contributed by atoms with Crippen molar-refractivity contribution in [2.45, 2.75) is 5.41 Å². The maximum atomic E-state index is 6.61. The quantitative estimate of drug-likeness (QED) is 0.167. The third-order valence-electron chi connectivity index (χ3n) is 16.2. The second-order valence-electron chi connectivity index (χ2n) is 20.2.